The number of aromatic nitrogens is 3. The van der Waals surface area contributed by atoms with Crippen molar-refractivity contribution in [2.24, 2.45) is 11.3 Å². The Labute approximate surface area is 373 Å². The molecular formula is C45H51ClF2N10O6. The number of fused-ring (bicyclic) bond motifs is 2. The second kappa shape index (κ2) is 16.9. The molecule has 4 saturated heterocycles. The third kappa shape index (κ3) is 8.10. The fraction of sp³-hybridized carbons (Fsp3) is 0.489. The van der Waals surface area contributed by atoms with Crippen molar-refractivity contribution >= 4 is 69.3 Å². The number of piperidine rings is 3. The largest absolute Gasteiger partial charge is 0.478 e. The topological polar surface area (TPSA) is 174 Å². The first-order chi connectivity index (χ1) is 30.6. The summed E-state index contributed by atoms with van der Waals surface area (Å²) in [5.74, 6) is -3.09. The molecule has 4 amide bonds. The van der Waals surface area contributed by atoms with E-state index in [0.717, 1.165) is 24.1 Å². The van der Waals surface area contributed by atoms with Crippen molar-refractivity contribution in [3.05, 3.63) is 75.2 Å². The number of benzene rings is 2. The van der Waals surface area contributed by atoms with Crippen LogP contribution in [0.1, 0.15) is 67.9 Å². The predicted octanol–water partition coefficient (Wildman–Crippen LogP) is 4.72. The lowest BCUT2D eigenvalue weighted by Gasteiger charge is -2.58. The minimum atomic E-state index is -2.87. The second-order valence-corrected chi connectivity index (χ2v) is 18.4. The molecule has 5 aliphatic heterocycles. The molecule has 4 aromatic rings. The number of nitrogens with zero attached hydrogens (tertiary/aromatic N) is 7. The molecule has 0 bridgehead atoms. The number of likely N-dealkylation sites (tertiary alicyclic amines) is 1. The molecule has 4 fully saturated rings. The van der Waals surface area contributed by atoms with Crippen LogP contribution in [0.3, 0.4) is 0 Å². The quantitative estimate of drug-likeness (QED) is 0.177. The minimum Gasteiger partial charge on any atom is -0.478 e. The Morgan fingerprint density at radius 3 is 2.50 bits per heavy atom. The van der Waals surface area contributed by atoms with Gasteiger partial charge in [0.15, 0.2) is 18.2 Å². The van der Waals surface area contributed by atoms with Gasteiger partial charge in [-0.1, -0.05) is 11.6 Å². The van der Waals surface area contributed by atoms with Gasteiger partial charge in [-0.15, -0.1) is 0 Å². The van der Waals surface area contributed by atoms with Gasteiger partial charge in [0.25, 0.3) is 23.3 Å². The zero-order valence-electron chi connectivity index (χ0n) is 36.0. The summed E-state index contributed by atoms with van der Waals surface area (Å²) in [5.41, 5.74) is 1.96. The van der Waals surface area contributed by atoms with E-state index >= 15 is 8.78 Å². The van der Waals surface area contributed by atoms with Crippen molar-refractivity contribution in [3.8, 4) is 5.75 Å². The summed E-state index contributed by atoms with van der Waals surface area (Å²) < 4.78 is 39.4. The summed E-state index contributed by atoms with van der Waals surface area (Å²) in [5, 5.41) is 9.13. The molecule has 3 N–H and O–H groups in total. The summed E-state index contributed by atoms with van der Waals surface area (Å²) in [6.07, 6.45) is 3.98. The Morgan fingerprint density at radius 1 is 1.00 bits per heavy atom. The summed E-state index contributed by atoms with van der Waals surface area (Å²) in [7, 11) is 1.50. The highest BCUT2D eigenvalue weighted by Gasteiger charge is 2.62. The van der Waals surface area contributed by atoms with Crippen molar-refractivity contribution in [3.63, 3.8) is 0 Å². The van der Waals surface area contributed by atoms with Crippen LogP contribution in [0.5, 0.6) is 5.75 Å². The number of hydrogen-bond donors (Lipinski definition) is 3. The maximum atomic E-state index is 16.1. The number of alkyl halides is 2. The van der Waals surface area contributed by atoms with E-state index < -0.39 is 23.3 Å². The second-order valence-electron chi connectivity index (χ2n) is 18.0. The minimum absolute atomic E-state index is 0.0628. The van der Waals surface area contributed by atoms with E-state index in [0.29, 0.717) is 71.5 Å². The molecular weight excluding hydrogens is 850 g/mol. The number of amides is 4. The SMILES string of the molecule is CNC(=O)COc1cc2cc(Nc3nc(N4CCC(CN5CCC6(CN(c7ccc8c(c7)CN(C7CCC(=O)NC7=O)C8=O)C6)C(F)(F)C5)CC4)ncc3Cl)ccc2n(C(C)C)c1=O. The standard InChI is InChI=1S/C45H51ClF2N10O6/c1-26(2)58-34-7-4-30(16-28(34)18-36(42(58)63)64-22-38(60)49-3)51-39-33(46)19-50-43(53-39)55-13-10-27(11-14-55)20-54-15-12-44(45(47,48)25-54)23-56(24-44)31-5-6-32-29(17-31)21-57(41(32)62)35-8-9-37(59)52-40(35)61/h4-7,16-19,26-27,35H,8-15,20-25H2,1-3H3,(H,49,60)(H,50,51,53)(H,52,59,61). The lowest BCUT2D eigenvalue weighted by molar-refractivity contribution is -0.181. The molecule has 16 nitrogen and oxygen atoms in total. The Kier molecular flexibility index (Phi) is 11.5. The van der Waals surface area contributed by atoms with Crippen LogP contribution in [0.15, 0.2) is 53.5 Å². The smallest absolute Gasteiger partial charge is 0.293 e. The van der Waals surface area contributed by atoms with Gasteiger partial charge in [-0.2, -0.15) is 4.98 Å². The third-order valence-corrected chi connectivity index (χ3v) is 13.8. The molecule has 338 valence electrons. The number of imide groups is 1. The molecule has 2 aromatic heterocycles. The highest BCUT2D eigenvalue weighted by molar-refractivity contribution is 6.33. The van der Waals surface area contributed by atoms with E-state index in [1.807, 2.05) is 47.9 Å². The summed E-state index contributed by atoms with van der Waals surface area (Å²) in [6.45, 7) is 6.42. The van der Waals surface area contributed by atoms with Crippen molar-refractivity contribution in [2.75, 3.05) is 74.6 Å². The number of carbonyl (C=O) groups excluding carboxylic acids is 4. The van der Waals surface area contributed by atoms with Crippen LogP contribution < -0.4 is 36.0 Å². The lowest BCUT2D eigenvalue weighted by atomic mass is 9.68. The number of hydrogen-bond acceptors (Lipinski definition) is 12. The van der Waals surface area contributed by atoms with Gasteiger partial charge in [-0.05, 0) is 100 Å². The van der Waals surface area contributed by atoms with Crippen LogP contribution in [0.25, 0.3) is 10.9 Å². The van der Waals surface area contributed by atoms with E-state index in [1.165, 1.54) is 11.9 Å². The molecule has 9 rings (SSSR count). The molecule has 0 radical (unpaired) electrons. The summed E-state index contributed by atoms with van der Waals surface area (Å²) in [6, 6.07) is 11.7. The fourth-order valence-electron chi connectivity index (χ4n) is 9.90. The van der Waals surface area contributed by atoms with E-state index in [1.54, 1.807) is 29.0 Å². The zero-order valence-corrected chi connectivity index (χ0v) is 36.7. The van der Waals surface area contributed by atoms with Crippen LogP contribution in [-0.4, -0.2) is 119 Å². The normalized spacial score (nSPS) is 21.0. The van der Waals surface area contributed by atoms with Gasteiger partial charge < -0.3 is 34.6 Å². The monoisotopic (exact) mass is 900 g/mol. The Balaban J connectivity index is 0.784. The number of carbonyl (C=O) groups is 4. The van der Waals surface area contributed by atoms with Gasteiger partial charge in [0, 0.05) is 81.1 Å². The Morgan fingerprint density at radius 2 is 1.78 bits per heavy atom. The molecule has 1 unspecified atom stereocenters. The van der Waals surface area contributed by atoms with Gasteiger partial charge in [0.05, 0.1) is 23.7 Å². The molecule has 5 aliphatic rings. The van der Waals surface area contributed by atoms with Crippen molar-refractivity contribution in [1.82, 2.24) is 35.0 Å². The zero-order chi connectivity index (χ0) is 45.1. The lowest BCUT2D eigenvalue weighted by Crippen LogP contribution is -2.70. The Bertz CT molecular complexity index is 2590. The van der Waals surface area contributed by atoms with Gasteiger partial charge >= 0.3 is 0 Å². The van der Waals surface area contributed by atoms with Gasteiger partial charge in [0.1, 0.15) is 11.1 Å². The van der Waals surface area contributed by atoms with Gasteiger partial charge in [0.2, 0.25) is 17.8 Å². The van der Waals surface area contributed by atoms with Crippen LogP contribution in [0.2, 0.25) is 5.02 Å². The molecule has 1 spiro atoms. The molecule has 0 aliphatic carbocycles. The molecule has 7 heterocycles. The van der Waals surface area contributed by atoms with E-state index in [2.05, 4.69) is 25.8 Å². The maximum Gasteiger partial charge on any atom is 0.293 e. The number of ether oxygens (including phenoxy) is 1. The highest BCUT2D eigenvalue weighted by atomic mass is 35.5. The fourth-order valence-corrected chi connectivity index (χ4v) is 10.0. The van der Waals surface area contributed by atoms with E-state index in [4.69, 9.17) is 21.3 Å². The number of halogens is 3. The first-order valence-electron chi connectivity index (χ1n) is 21.8. The summed E-state index contributed by atoms with van der Waals surface area (Å²) >= 11 is 6.58. The molecule has 64 heavy (non-hydrogen) atoms. The number of rotatable bonds is 11. The number of pyridine rings is 1. The van der Waals surface area contributed by atoms with Crippen LogP contribution in [0.4, 0.5) is 31.9 Å². The average Bonchev–Trinajstić information content (AvgIpc) is 3.57. The van der Waals surface area contributed by atoms with Gasteiger partial charge in [-0.25, -0.2) is 13.8 Å². The van der Waals surface area contributed by atoms with Gasteiger partial charge in [-0.3, -0.25) is 34.2 Å². The van der Waals surface area contributed by atoms with E-state index in [-0.39, 0.29) is 86.6 Å². The third-order valence-electron chi connectivity index (χ3n) is 13.5. The van der Waals surface area contributed by atoms with Crippen molar-refractivity contribution < 1.29 is 32.7 Å². The number of anilines is 4. The van der Waals surface area contributed by atoms with Crippen molar-refractivity contribution in [2.45, 2.75) is 70.5 Å². The van der Waals surface area contributed by atoms with Crippen LogP contribution >= 0.6 is 11.6 Å². The molecule has 1 atom stereocenters. The first kappa shape index (κ1) is 43.4. The number of likely N-dealkylation sites (N-methyl/N-ethyl adjacent to an activating group) is 1. The molecule has 2 aromatic carbocycles. The Hall–Kier alpha value is -5.88. The van der Waals surface area contributed by atoms with Crippen molar-refractivity contribution in [1.29, 1.82) is 0 Å². The maximum absolute atomic E-state index is 16.1. The number of nitrogens with one attached hydrogen (secondary N) is 3. The highest BCUT2D eigenvalue weighted by Crippen LogP contribution is 2.52. The molecule has 0 saturated carbocycles. The average molecular weight is 901 g/mol. The molecule has 19 heteroatoms. The first-order valence-corrected chi connectivity index (χ1v) is 22.2. The van der Waals surface area contributed by atoms with E-state index in [9.17, 15) is 24.0 Å². The van der Waals surface area contributed by atoms with Crippen LogP contribution in [-0.2, 0) is 20.9 Å². The van der Waals surface area contributed by atoms with Crippen LogP contribution in [0, 0.1) is 11.3 Å². The summed E-state index contributed by atoms with van der Waals surface area (Å²) in [4.78, 5) is 79.1. The predicted molar refractivity (Wildman–Crippen MR) is 237 cm³/mol.